The quantitative estimate of drug-likeness (QED) is 0.390. The number of nitro benzene ring substituents is 1. The summed E-state index contributed by atoms with van der Waals surface area (Å²) in [5, 5.41) is 15.9. The predicted molar refractivity (Wildman–Crippen MR) is 113 cm³/mol. The van der Waals surface area contributed by atoms with Crippen molar-refractivity contribution in [3.8, 4) is 11.8 Å². The zero-order chi connectivity index (χ0) is 21.3. The summed E-state index contributed by atoms with van der Waals surface area (Å²) in [6.45, 7) is -0.276. The first-order chi connectivity index (χ1) is 14.5. The molecule has 2 amide bonds. The topological polar surface area (TPSA) is 101 Å². The van der Waals surface area contributed by atoms with Crippen LogP contribution in [-0.4, -0.2) is 23.3 Å². The van der Waals surface area contributed by atoms with Gasteiger partial charge in [0.25, 0.3) is 11.6 Å². The Labute approximate surface area is 172 Å². The third-order valence-corrected chi connectivity index (χ3v) is 4.00. The maximum Gasteiger partial charge on any atom is 0.270 e. The summed E-state index contributed by atoms with van der Waals surface area (Å²) in [6.07, 6.45) is 0. The molecule has 0 aliphatic rings. The van der Waals surface area contributed by atoms with Gasteiger partial charge in [-0.2, -0.15) is 0 Å². The molecular formula is C23H17N3O4. The number of rotatable bonds is 5. The second-order valence-corrected chi connectivity index (χ2v) is 6.24. The molecule has 7 nitrogen and oxygen atoms in total. The highest BCUT2D eigenvalue weighted by molar-refractivity contribution is 5.99. The van der Waals surface area contributed by atoms with Gasteiger partial charge in [-0.3, -0.25) is 19.7 Å². The van der Waals surface area contributed by atoms with Crippen molar-refractivity contribution >= 4 is 23.2 Å². The van der Waals surface area contributed by atoms with Gasteiger partial charge in [-0.15, -0.1) is 0 Å². The number of hydrogen-bond acceptors (Lipinski definition) is 4. The van der Waals surface area contributed by atoms with E-state index in [1.165, 1.54) is 18.2 Å². The lowest BCUT2D eigenvalue weighted by molar-refractivity contribution is -0.384. The van der Waals surface area contributed by atoms with Crippen LogP contribution in [0.15, 0.2) is 78.9 Å². The minimum absolute atomic E-state index is 0.107. The fraction of sp³-hybridized carbons (Fsp3) is 0.0435. The lowest BCUT2D eigenvalue weighted by atomic mass is 10.1. The average Bonchev–Trinajstić information content (AvgIpc) is 2.77. The number of non-ortho nitro benzene ring substituents is 1. The van der Waals surface area contributed by atoms with Crippen molar-refractivity contribution in [3.05, 3.63) is 106 Å². The van der Waals surface area contributed by atoms with Gasteiger partial charge >= 0.3 is 0 Å². The summed E-state index contributed by atoms with van der Waals surface area (Å²) in [7, 11) is 0. The minimum atomic E-state index is -0.586. The predicted octanol–water partition coefficient (Wildman–Crippen LogP) is 3.36. The Bertz CT molecular complexity index is 1150. The van der Waals surface area contributed by atoms with Crippen LogP contribution >= 0.6 is 0 Å². The molecule has 0 aromatic heterocycles. The van der Waals surface area contributed by atoms with Crippen LogP contribution in [0.5, 0.6) is 0 Å². The fourth-order valence-electron chi connectivity index (χ4n) is 2.57. The van der Waals surface area contributed by atoms with Crippen molar-refractivity contribution in [2.75, 3.05) is 11.9 Å². The minimum Gasteiger partial charge on any atom is -0.343 e. The molecule has 0 radical (unpaired) electrons. The van der Waals surface area contributed by atoms with Crippen molar-refractivity contribution in [2.45, 2.75) is 0 Å². The summed E-state index contributed by atoms with van der Waals surface area (Å²) in [6, 6.07) is 21.9. The number of nitro groups is 1. The molecule has 0 atom stereocenters. The summed E-state index contributed by atoms with van der Waals surface area (Å²) in [5.74, 6) is 5.08. The van der Waals surface area contributed by atoms with Gasteiger partial charge in [0, 0.05) is 34.5 Å². The Morgan fingerprint density at radius 3 is 2.33 bits per heavy atom. The van der Waals surface area contributed by atoms with Gasteiger partial charge in [-0.1, -0.05) is 42.2 Å². The van der Waals surface area contributed by atoms with Gasteiger partial charge in [0.05, 0.1) is 11.5 Å². The molecule has 30 heavy (non-hydrogen) atoms. The summed E-state index contributed by atoms with van der Waals surface area (Å²) in [5.41, 5.74) is 2.08. The number of anilines is 1. The molecule has 0 aliphatic carbocycles. The van der Waals surface area contributed by atoms with E-state index in [4.69, 9.17) is 0 Å². The van der Waals surface area contributed by atoms with Gasteiger partial charge in [0.2, 0.25) is 5.91 Å². The average molecular weight is 399 g/mol. The van der Waals surface area contributed by atoms with Gasteiger partial charge < -0.3 is 10.6 Å². The number of benzene rings is 3. The molecule has 0 saturated carbocycles. The molecule has 0 unspecified atom stereocenters. The molecule has 0 spiro atoms. The fourth-order valence-corrected chi connectivity index (χ4v) is 2.57. The molecule has 2 N–H and O–H groups in total. The molecule has 0 aliphatic heterocycles. The number of carbonyl (C=O) groups excluding carboxylic acids is 2. The molecule has 148 valence electrons. The van der Waals surface area contributed by atoms with Crippen LogP contribution < -0.4 is 10.6 Å². The normalized spacial score (nSPS) is 9.73. The van der Waals surface area contributed by atoms with Gasteiger partial charge in [0.1, 0.15) is 0 Å². The molecule has 3 aromatic rings. The Morgan fingerprint density at radius 2 is 1.57 bits per heavy atom. The van der Waals surface area contributed by atoms with E-state index in [9.17, 15) is 19.7 Å². The van der Waals surface area contributed by atoms with Crippen molar-refractivity contribution in [1.29, 1.82) is 0 Å². The molecule has 7 heteroatoms. The van der Waals surface area contributed by atoms with E-state index in [2.05, 4.69) is 22.5 Å². The van der Waals surface area contributed by atoms with Crippen molar-refractivity contribution in [2.24, 2.45) is 0 Å². The van der Waals surface area contributed by atoms with Crippen LogP contribution in [0.4, 0.5) is 11.4 Å². The van der Waals surface area contributed by atoms with Crippen LogP contribution in [0.3, 0.4) is 0 Å². The highest BCUT2D eigenvalue weighted by Crippen LogP contribution is 2.13. The van der Waals surface area contributed by atoms with Crippen LogP contribution in [0.1, 0.15) is 21.5 Å². The van der Waals surface area contributed by atoms with E-state index < -0.39 is 16.7 Å². The maximum atomic E-state index is 12.1. The van der Waals surface area contributed by atoms with Crippen molar-refractivity contribution in [3.63, 3.8) is 0 Å². The van der Waals surface area contributed by atoms with Gasteiger partial charge in [-0.25, -0.2) is 0 Å². The molecule has 3 rings (SSSR count). The summed E-state index contributed by atoms with van der Waals surface area (Å²) < 4.78 is 0. The summed E-state index contributed by atoms with van der Waals surface area (Å²) in [4.78, 5) is 34.5. The lowest BCUT2D eigenvalue weighted by Gasteiger charge is -2.07. The first-order valence-corrected chi connectivity index (χ1v) is 9.01. The molecule has 3 aromatic carbocycles. The van der Waals surface area contributed by atoms with E-state index in [0.717, 1.165) is 17.2 Å². The maximum absolute atomic E-state index is 12.1. The van der Waals surface area contributed by atoms with E-state index >= 15 is 0 Å². The number of nitrogens with one attached hydrogen (secondary N) is 2. The summed E-state index contributed by atoms with van der Waals surface area (Å²) >= 11 is 0. The Hall–Kier alpha value is -4.44. The largest absolute Gasteiger partial charge is 0.343 e. The van der Waals surface area contributed by atoms with Crippen LogP contribution in [-0.2, 0) is 4.79 Å². The van der Waals surface area contributed by atoms with Crippen LogP contribution in [0, 0.1) is 22.0 Å². The number of amides is 2. The highest BCUT2D eigenvalue weighted by atomic mass is 16.6. The van der Waals surface area contributed by atoms with Gasteiger partial charge in [0.15, 0.2) is 0 Å². The first-order valence-electron chi connectivity index (χ1n) is 9.01. The van der Waals surface area contributed by atoms with Crippen LogP contribution in [0.25, 0.3) is 0 Å². The second-order valence-electron chi connectivity index (χ2n) is 6.24. The van der Waals surface area contributed by atoms with Crippen molar-refractivity contribution in [1.82, 2.24) is 5.32 Å². The SMILES string of the molecule is O=C(CNC(=O)c1cccc([N+](=O)[O-])c1)Nc1cccc(C#Cc2ccccc2)c1. The smallest absolute Gasteiger partial charge is 0.270 e. The van der Waals surface area contributed by atoms with E-state index in [-0.39, 0.29) is 17.8 Å². The second kappa shape index (κ2) is 9.66. The highest BCUT2D eigenvalue weighted by Gasteiger charge is 2.12. The standard InChI is InChI=1S/C23H17N3O4/c27-22(16-24-23(28)19-9-5-11-21(15-19)26(29)30)25-20-10-4-8-18(14-20)13-12-17-6-2-1-3-7-17/h1-11,14-15H,16H2,(H,24,28)(H,25,27). The lowest BCUT2D eigenvalue weighted by Crippen LogP contribution is -2.32. The molecule has 0 saturated heterocycles. The Kier molecular flexibility index (Phi) is 6.54. The number of nitrogens with zero attached hydrogens (tertiary/aromatic N) is 1. The van der Waals surface area contributed by atoms with Crippen LogP contribution in [0.2, 0.25) is 0 Å². The zero-order valence-electron chi connectivity index (χ0n) is 15.8. The monoisotopic (exact) mass is 399 g/mol. The van der Waals surface area contributed by atoms with E-state index in [0.29, 0.717) is 5.69 Å². The third kappa shape index (κ3) is 5.78. The number of carbonyl (C=O) groups is 2. The first kappa shape index (κ1) is 20.3. The third-order valence-electron chi connectivity index (χ3n) is 4.00. The van der Waals surface area contributed by atoms with Gasteiger partial charge in [-0.05, 0) is 36.4 Å². The molecule has 0 heterocycles. The van der Waals surface area contributed by atoms with Crippen molar-refractivity contribution < 1.29 is 14.5 Å². The number of hydrogen-bond donors (Lipinski definition) is 2. The zero-order valence-corrected chi connectivity index (χ0v) is 15.8. The van der Waals surface area contributed by atoms with E-state index in [1.807, 2.05) is 36.4 Å². The molecule has 0 fully saturated rings. The van der Waals surface area contributed by atoms with E-state index in [1.54, 1.807) is 18.2 Å². The Morgan fingerprint density at radius 1 is 0.867 bits per heavy atom. The Balaban J connectivity index is 1.57. The molecular weight excluding hydrogens is 382 g/mol. The molecule has 0 bridgehead atoms.